The van der Waals surface area contributed by atoms with Gasteiger partial charge >= 0.3 is 0 Å². The average molecular weight is 323 g/mol. The van der Waals surface area contributed by atoms with Gasteiger partial charge in [-0.2, -0.15) is 13.1 Å². The highest BCUT2D eigenvalue weighted by molar-refractivity contribution is 7.90. The summed E-state index contributed by atoms with van der Waals surface area (Å²) in [5.41, 5.74) is 0.788. The topological polar surface area (TPSA) is 128 Å². The second kappa shape index (κ2) is 6.99. The minimum atomic E-state index is -3.68. The monoisotopic (exact) mass is 323 g/mol. The molecule has 0 unspecified atom stereocenters. The number of rotatable bonds is 8. The highest BCUT2D eigenvalue weighted by Gasteiger charge is 2.09. The lowest BCUT2D eigenvalue weighted by Crippen LogP contribution is -2.32. The zero-order chi connectivity index (χ0) is 15.2. The van der Waals surface area contributed by atoms with Crippen LogP contribution < -0.4 is 14.6 Å². The van der Waals surface area contributed by atoms with E-state index < -0.39 is 20.2 Å². The summed E-state index contributed by atoms with van der Waals surface area (Å²) >= 11 is 0. The van der Waals surface area contributed by atoms with Gasteiger partial charge in [0.1, 0.15) is 0 Å². The molecule has 20 heavy (non-hydrogen) atoms. The quantitative estimate of drug-likeness (QED) is 0.549. The van der Waals surface area contributed by atoms with Crippen molar-refractivity contribution in [3.05, 3.63) is 29.8 Å². The first-order valence-corrected chi connectivity index (χ1v) is 8.77. The maximum absolute atomic E-state index is 11.6. The Balaban J connectivity index is 2.65. The van der Waals surface area contributed by atoms with Crippen LogP contribution in [-0.4, -0.2) is 37.1 Å². The summed E-state index contributed by atoms with van der Waals surface area (Å²) < 4.78 is 54.3. The van der Waals surface area contributed by atoms with Crippen LogP contribution in [0.25, 0.3) is 0 Å². The minimum absolute atomic E-state index is 0.148. The molecule has 10 heteroatoms. The van der Waals surface area contributed by atoms with Crippen molar-refractivity contribution in [2.75, 3.05) is 25.0 Å². The molecule has 1 rings (SSSR count). The molecule has 0 aliphatic rings. The van der Waals surface area contributed by atoms with Gasteiger partial charge in [0.2, 0.25) is 10.0 Å². The number of anilines is 1. The Morgan fingerprint density at radius 1 is 1.15 bits per heavy atom. The molecule has 0 amide bonds. The van der Waals surface area contributed by atoms with Crippen molar-refractivity contribution in [2.24, 2.45) is 5.14 Å². The SMILES string of the molecule is COCCNS(=O)(=O)Nc1ccc(CS(N)(=O)=O)cc1. The second-order valence-electron chi connectivity index (χ2n) is 4.00. The van der Waals surface area contributed by atoms with Gasteiger partial charge in [0.05, 0.1) is 12.4 Å². The zero-order valence-electron chi connectivity index (χ0n) is 10.9. The molecule has 4 N–H and O–H groups in total. The summed E-state index contributed by atoms with van der Waals surface area (Å²) in [6, 6.07) is 5.88. The highest BCUT2D eigenvalue weighted by Crippen LogP contribution is 2.12. The van der Waals surface area contributed by atoms with E-state index in [2.05, 4.69) is 9.44 Å². The van der Waals surface area contributed by atoms with Crippen LogP contribution in [0.4, 0.5) is 5.69 Å². The van der Waals surface area contributed by atoms with E-state index in [-0.39, 0.29) is 18.9 Å². The highest BCUT2D eigenvalue weighted by atomic mass is 32.2. The van der Waals surface area contributed by atoms with E-state index in [0.717, 1.165) is 0 Å². The second-order valence-corrected chi connectivity index (χ2v) is 7.11. The van der Waals surface area contributed by atoms with E-state index in [9.17, 15) is 16.8 Å². The minimum Gasteiger partial charge on any atom is -0.383 e. The predicted molar refractivity (Wildman–Crippen MR) is 75.7 cm³/mol. The molecular weight excluding hydrogens is 306 g/mol. The van der Waals surface area contributed by atoms with Crippen LogP contribution in [0.15, 0.2) is 24.3 Å². The van der Waals surface area contributed by atoms with Crippen molar-refractivity contribution in [3.63, 3.8) is 0 Å². The standard InChI is InChI=1S/C10H17N3O5S2/c1-18-7-6-12-20(16,17)13-10-4-2-9(3-5-10)8-19(11,14)15/h2-5,12-13H,6-8H2,1H3,(H2,11,14,15). The molecule has 1 aromatic rings. The number of nitrogens with one attached hydrogen (secondary N) is 2. The Morgan fingerprint density at radius 2 is 1.75 bits per heavy atom. The van der Waals surface area contributed by atoms with Crippen molar-refractivity contribution in [3.8, 4) is 0 Å². The largest absolute Gasteiger partial charge is 0.383 e. The summed E-state index contributed by atoms with van der Waals surface area (Å²) in [4.78, 5) is 0. The van der Waals surface area contributed by atoms with Crippen molar-refractivity contribution in [1.29, 1.82) is 0 Å². The molecule has 0 saturated carbocycles. The molecule has 0 aromatic heterocycles. The number of ether oxygens (including phenoxy) is 1. The number of hydrogen-bond acceptors (Lipinski definition) is 5. The van der Waals surface area contributed by atoms with Gasteiger partial charge in [0.25, 0.3) is 10.2 Å². The lowest BCUT2D eigenvalue weighted by Gasteiger charge is -2.09. The summed E-state index contributed by atoms with van der Waals surface area (Å²) in [7, 11) is -5.82. The van der Waals surface area contributed by atoms with Gasteiger partial charge in [-0.1, -0.05) is 12.1 Å². The summed E-state index contributed by atoms with van der Waals surface area (Å²) in [5.74, 6) is -0.299. The number of hydrogen-bond donors (Lipinski definition) is 3. The van der Waals surface area contributed by atoms with Crippen LogP contribution in [0.3, 0.4) is 0 Å². The van der Waals surface area contributed by atoms with Crippen molar-refractivity contribution in [2.45, 2.75) is 5.75 Å². The molecule has 0 spiro atoms. The van der Waals surface area contributed by atoms with Gasteiger partial charge in [-0.15, -0.1) is 0 Å². The van der Waals surface area contributed by atoms with E-state index in [1.54, 1.807) is 0 Å². The molecule has 0 aliphatic heterocycles. The smallest absolute Gasteiger partial charge is 0.299 e. The molecule has 0 heterocycles. The fourth-order valence-corrected chi connectivity index (χ4v) is 2.90. The summed E-state index contributed by atoms with van der Waals surface area (Å²) in [6.45, 7) is 0.406. The number of nitrogens with two attached hydrogens (primary N) is 1. The molecule has 114 valence electrons. The molecule has 8 nitrogen and oxygen atoms in total. The maximum atomic E-state index is 11.6. The third kappa shape index (κ3) is 6.82. The predicted octanol–water partition coefficient (Wildman–Crippen LogP) is -0.632. The first-order chi connectivity index (χ1) is 9.22. The molecule has 0 radical (unpaired) electrons. The van der Waals surface area contributed by atoms with Gasteiger partial charge in [-0.05, 0) is 17.7 Å². The van der Waals surface area contributed by atoms with E-state index >= 15 is 0 Å². The number of sulfonamides is 1. The van der Waals surface area contributed by atoms with Crippen molar-refractivity contribution >= 4 is 25.9 Å². The molecule has 0 saturated heterocycles. The van der Waals surface area contributed by atoms with Gasteiger partial charge in [0, 0.05) is 19.3 Å². The molecule has 1 aromatic carbocycles. The van der Waals surface area contributed by atoms with Crippen LogP contribution in [-0.2, 0) is 30.7 Å². The third-order valence-electron chi connectivity index (χ3n) is 2.17. The third-order valence-corrected chi connectivity index (χ3v) is 4.00. The van der Waals surface area contributed by atoms with Crippen LogP contribution in [0, 0.1) is 0 Å². The Morgan fingerprint density at radius 3 is 2.25 bits per heavy atom. The maximum Gasteiger partial charge on any atom is 0.299 e. The van der Waals surface area contributed by atoms with Gasteiger partial charge in [0.15, 0.2) is 0 Å². The van der Waals surface area contributed by atoms with Crippen LogP contribution >= 0.6 is 0 Å². The lowest BCUT2D eigenvalue weighted by atomic mass is 10.2. The van der Waals surface area contributed by atoms with Gasteiger partial charge < -0.3 is 4.74 Å². The first-order valence-electron chi connectivity index (χ1n) is 5.57. The van der Waals surface area contributed by atoms with E-state index in [4.69, 9.17) is 9.88 Å². The van der Waals surface area contributed by atoms with Crippen LogP contribution in [0.5, 0.6) is 0 Å². The molecule has 0 bridgehead atoms. The Bertz CT molecular complexity index is 625. The molecule has 0 atom stereocenters. The number of primary sulfonamides is 1. The number of methoxy groups -OCH3 is 1. The molecular formula is C10H17N3O5S2. The lowest BCUT2D eigenvalue weighted by molar-refractivity contribution is 0.204. The van der Waals surface area contributed by atoms with Crippen molar-refractivity contribution in [1.82, 2.24) is 4.72 Å². The average Bonchev–Trinajstić information content (AvgIpc) is 2.30. The van der Waals surface area contributed by atoms with Gasteiger partial charge in [-0.25, -0.2) is 13.6 Å². The summed E-state index contributed by atoms with van der Waals surface area (Å²) in [6.07, 6.45) is 0. The fraction of sp³-hybridized carbons (Fsp3) is 0.400. The van der Waals surface area contributed by atoms with Crippen LogP contribution in [0.2, 0.25) is 0 Å². The molecule has 0 aliphatic carbocycles. The Kier molecular flexibility index (Phi) is 5.89. The Labute approximate surface area is 118 Å². The Hall–Kier alpha value is -1.20. The van der Waals surface area contributed by atoms with Gasteiger partial charge in [-0.3, -0.25) is 4.72 Å². The van der Waals surface area contributed by atoms with E-state index in [0.29, 0.717) is 11.3 Å². The summed E-state index contributed by atoms with van der Waals surface area (Å²) in [5, 5.41) is 4.91. The molecule has 0 fully saturated rings. The fourth-order valence-electron chi connectivity index (χ4n) is 1.37. The zero-order valence-corrected chi connectivity index (χ0v) is 12.5. The van der Waals surface area contributed by atoms with Crippen LogP contribution in [0.1, 0.15) is 5.56 Å². The normalized spacial score (nSPS) is 12.3. The first kappa shape index (κ1) is 16.9. The van der Waals surface area contributed by atoms with E-state index in [1.165, 1.54) is 31.4 Å². The van der Waals surface area contributed by atoms with E-state index in [1.807, 2.05) is 0 Å². The van der Waals surface area contributed by atoms with Crippen molar-refractivity contribution < 1.29 is 21.6 Å². The number of benzene rings is 1.